The van der Waals surface area contributed by atoms with Crippen LogP contribution >= 0.6 is 22.7 Å². The minimum Gasteiger partial charge on any atom is -0.345 e. The summed E-state index contributed by atoms with van der Waals surface area (Å²) in [7, 11) is 3.55. The second-order valence-corrected chi connectivity index (χ2v) is 4.79. The van der Waals surface area contributed by atoms with Gasteiger partial charge in [0.05, 0.1) is 10.3 Å². The van der Waals surface area contributed by atoms with E-state index in [2.05, 4.69) is 6.07 Å². The van der Waals surface area contributed by atoms with Gasteiger partial charge in [0.25, 0.3) is 5.91 Å². The SMILES string of the molecule is CN(C)C(=O)c1csc2ccsc12. The molecule has 0 unspecified atom stereocenters. The van der Waals surface area contributed by atoms with E-state index in [0.717, 1.165) is 10.3 Å². The fraction of sp³-hybridized carbons (Fsp3) is 0.222. The van der Waals surface area contributed by atoms with Crippen molar-refractivity contribution in [3.8, 4) is 0 Å². The van der Waals surface area contributed by atoms with Gasteiger partial charge in [-0.1, -0.05) is 0 Å². The van der Waals surface area contributed by atoms with Crippen LogP contribution in [0.3, 0.4) is 0 Å². The number of carbonyl (C=O) groups excluding carboxylic acids is 1. The Hall–Kier alpha value is -0.870. The molecule has 0 saturated carbocycles. The minimum absolute atomic E-state index is 0.0914. The van der Waals surface area contributed by atoms with Gasteiger partial charge in [-0.3, -0.25) is 4.79 Å². The lowest BCUT2D eigenvalue weighted by molar-refractivity contribution is 0.0830. The van der Waals surface area contributed by atoms with Crippen LogP contribution in [-0.4, -0.2) is 24.9 Å². The Bertz CT molecular complexity index is 441. The van der Waals surface area contributed by atoms with Gasteiger partial charge in [0.1, 0.15) is 0 Å². The van der Waals surface area contributed by atoms with Gasteiger partial charge in [-0.25, -0.2) is 0 Å². The first-order chi connectivity index (χ1) is 6.20. The summed E-state index contributed by atoms with van der Waals surface area (Å²) in [6.45, 7) is 0. The molecule has 0 radical (unpaired) electrons. The maximum Gasteiger partial charge on any atom is 0.255 e. The van der Waals surface area contributed by atoms with E-state index in [0.29, 0.717) is 0 Å². The predicted octanol–water partition coefficient (Wildman–Crippen LogP) is 2.66. The van der Waals surface area contributed by atoms with Crippen LogP contribution in [0.25, 0.3) is 9.40 Å². The first kappa shape index (κ1) is 8.72. The van der Waals surface area contributed by atoms with E-state index in [9.17, 15) is 4.79 Å². The molecule has 0 spiro atoms. The van der Waals surface area contributed by atoms with Gasteiger partial charge in [-0.2, -0.15) is 0 Å². The van der Waals surface area contributed by atoms with Gasteiger partial charge >= 0.3 is 0 Å². The molecule has 2 nitrogen and oxygen atoms in total. The van der Waals surface area contributed by atoms with Crippen LogP contribution in [0.2, 0.25) is 0 Å². The average Bonchev–Trinajstić information content (AvgIpc) is 2.61. The van der Waals surface area contributed by atoms with E-state index in [-0.39, 0.29) is 5.91 Å². The topological polar surface area (TPSA) is 20.3 Å². The molecule has 4 heteroatoms. The summed E-state index contributed by atoms with van der Waals surface area (Å²) in [6, 6.07) is 2.05. The van der Waals surface area contributed by atoms with E-state index >= 15 is 0 Å². The molecule has 2 aromatic heterocycles. The number of rotatable bonds is 1. The van der Waals surface area contributed by atoms with Gasteiger partial charge in [0.2, 0.25) is 0 Å². The van der Waals surface area contributed by atoms with Crippen LogP contribution in [0, 0.1) is 0 Å². The first-order valence-corrected chi connectivity index (χ1v) is 5.62. The monoisotopic (exact) mass is 211 g/mol. The number of fused-ring (bicyclic) bond motifs is 1. The largest absolute Gasteiger partial charge is 0.345 e. The van der Waals surface area contributed by atoms with Crippen LogP contribution < -0.4 is 0 Å². The molecule has 0 bridgehead atoms. The molecule has 0 N–H and O–H groups in total. The van der Waals surface area contributed by atoms with Crippen molar-refractivity contribution in [1.29, 1.82) is 0 Å². The highest BCUT2D eigenvalue weighted by Crippen LogP contribution is 2.31. The van der Waals surface area contributed by atoms with Gasteiger partial charge in [0.15, 0.2) is 0 Å². The van der Waals surface area contributed by atoms with E-state index in [1.807, 2.05) is 10.8 Å². The van der Waals surface area contributed by atoms with Crippen molar-refractivity contribution in [2.75, 3.05) is 14.1 Å². The quantitative estimate of drug-likeness (QED) is 0.710. The zero-order valence-electron chi connectivity index (χ0n) is 7.40. The van der Waals surface area contributed by atoms with E-state index in [4.69, 9.17) is 0 Å². The predicted molar refractivity (Wildman–Crippen MR) is 57.7 cm³/mol. The average molecular weight is 211 g/mol. The van der Waals surface area contributed by atoms with Gasteiger partial charge in [0, 0.05) is 24.2 Å². The Morgan fingerprint density at radius 1 is 1.38 bits per heavy atom. The molecule has 68 valence electrons. The maximum atomic E-state index is 11.7. The fourth-order valence-corrected chi connectivity index (χ4v) is 3.23. The zero-order chi connectivity index (χ0) is 9.42. The van der Waals surface area contributed by atoms with Crippen LogP contribution in [0.1, 0.15) is 10.4 Å². The third kappa shape index (κ3) is 1.36. The molecule has 0 atom stereocenters. The van der Waals surface area contributed by atoms with Crippen molar-refractivity contribution in [3.63, 3.8) is 0 Å². The zero-order valence-corrected chi connectivity index (χ0v) is 9.04. The van der Waals surface area contributed by atoms with Crippen molar-refractivity contribution in [3.05, 3.63) is 22.4 Å². The summed E-state index contributed by atoms with van der Waals surface area (Å²) in [5.74, 6) is 0.0914. The molecule has 0 saturated heterocycles. The smallest absolute Gasteiger partial charge is 0.255 e. The standard InChI is InChI=1S/C9H9NOS2/c1-10(2)9(11)6-5-13-7-3-4-12-8(6)7/h3-5H,1-2H3. The first-order valence-electron chi connectivity index (χ1n) is 3.86. The van der Waals surface area contributed by atoms with Crippen molar-refractivity contribution in [2.24, 2.45) is 0 Å². The van der Waals surface area contributed by atoms with Crippen LogP contribution in [0.5, 0.6) is 0 Å². The molecule has 0 fully saturated rings. The maximum absolute atomic E-state index is 11.7. The summed E-state index contributed by atoms with van der Waals surface area (Å²) >= 11 is 3.26. The third-order valence-corrected chi connectivity index (χ3v) is 3.84. The minimum atomic E-state index is 0.0914. The molecule has 0 aromatic carbocycles. The number of nitrogens with zero attached hydrogens (tertiary/aromatic N) is 1. The van der Waals surface area contributed by atoms with Crippen LogP contribution in [0.4, 0.5) is 0 Å². The second-order valence-electron chi connectivity index (χ2n) is 2.96. The van der Waals surface area contributed by atoms with Gasteiger partial charge < -0.3 is 4.90 Å². The molecule has 0 aliphatic rings. The van der Waals surface area contributed by atoms with Crippen molar-refractivity contribution >= 4 is 38.0 Å². The summed E-state index contributed by atoms with van der Waals surface area (Å²) in [5, 5.41) is 3.96. The Labute approximate surface area is 84.4 Å². The molecule has 0 aliphatic heterocycles. The Morgan fingerprint density at radius 3 is 2.85 bits per heavy atom. The fourth-order valence-electron chi connectivity index (χ4n) is 1.15. The van der Waals surface area contributed by atoms with E-state index in [1.54, 1.807) is 41.7 Å². The summed E-state index contributed by atoms with van der Waals surface area (Å²) in [5.41, 5.74) is 0.833. The summed E-state index contributed by atoms with van der Waals surface area (Å²) in [4.78, 5) is 13.3. The number of amides is 1. The van der Waals surface area contributed by atoms with Crippen LogP contribution in [0.15, 0.2) is 16.8 Å². The molecule has 13 heavy (non-hydrogen) atoms. The third-order valence-electron chi connectivity index (χ3n) is 1.81. The van der Waals surface area contributed by atoms with E-state index in [1.165, 1.54) is 4.70 Å². The molecule has 2 rings (SSSR count). The van der Waals surface area contributed by atoms with Crippen molar-refractivity contribution < 1.29 is 4.79 Å². The highest BCUT2D eigenvalue weighted by Gasteiger charge is 2.14. The normalized spacial score (nSPS) is 10.6. The lowest BCUT2D eigenvalue weighted by atomic mass is 10.3. The number of hydrogen-bond donors (Lipinski definition) is 0. The molecule has 1 amide bonds. The van der Waals surface area contributed by atoms with Crippen molar-refractivity contribution in [2.45, 2.75) is 0 Å². The Morgan fingerprint density at radius 2 is 2.15 bits per heavy atom. The molecular weight excluding hydrogens is 202 g/mol. The molecule has 2 heterocycles. The lowest BCUT2D eigenvalue weighted by Crippen LogP contribution is -2.20. The highest BCUT2D eigenvalue weighted by atomic mass is 32.1. The second kappa shape index (κ2) is 3.12. The molecule has 0 aliphatic carbocycles. The number of carbonyl (C=O) groups is 1. The van der Waals surface area contributed by atoms with Crippen LogP contribution in [-0.2, 0) is 0 Å². The summed E-state index contributed by atoms with van der Waals surface area (Å²) in [6.07, 6.45) is 0. The lowest BCUT2D eigenvalue weighted by Gasteiger charge is -2.07. The van der Waals surface area contributed by atoms with Crippen molar-refractivity contribution in [1.82, 2.24) is 4.90 Å². The number of hydrogen-bond acceptors (Lipinski definition) is 3. The summed E-state index contributed by atoms with van der Waals surface area (Å²) < 4.78 is 2.32. The Balaban J connectivity index is 2.54. The number of thiophene rings is 2. The molecular formula is C9H9NOS2. The molecule has 2 aromatic rings. The highest BCUT2D eigenvalue weighted by molar-refractivity contribution is 7.26. The van der Waals surface area contributed by atoms with Gasteiger partial charge in [-0.05, 0) is 11.4 Å². The Kier molecular flexibility index (Phi) is 2.09. The van der Waals surface area contributed by atoms with Gasteiger partial charge in [-0.15, -0.1) is 22.7 Å². The van der Waals surface area contributed by atoms with E-state index < -0.39 is 0 Å².